The summed E-state index contributed by atoms with van der Waals surface area (Å²) in [7, 11) is 0. The summed E-state index contributed by atoms with van der Waals surface area (Å²) in [5, 5.41) is 12.0. The van der Waals surface area contributed by atoms with Crippen LogP contribution in [0.2, 0.25) is 0 Å². The Labute approximate surface area is 166 Å². The number of fused-ring (bicyclic) bond motifs is 1. The van der Waals surface area contributed by atoms with E-state index in [9.17, 15) is 4.79 Å². The summed E-state index contributed by atoms with van der Waals surface area (Å²) >= 11 is 2.84. The summed E-state index contributed by atoms with van der Waals surface area (Å²) in [6.45, 7) is 8.56. The lowest BCUT2D eigenvalue weighted by atomic mass is 10.2. The van der Waals surface area contributed by atoms with Crippen molar-refractivity contribution in [1.82, 2.24) is 15.1 Å². The van der Waals surface area contributed by atoms with Crippen LogP contribution in [0.5, 0.6) is 11.5 Å². The molecule has 0 bridgehead atoms. The van der Waals surface area contributed by atoms with Crippen LogP contribution < -0.4 is 14.8 Å². The molecule has 1 aliphatic rings. The van der Waals surface area contributed by atoms with Crippen molar-refractivity contribution in [2.45, 2.75) is 17.8 Å². The molecule has 0 spiro atoms. The van der Waals surface area contributed by atoms with Crippen LogP contribution in [-0.4, -0.2) is 53.1 Å². The molecule has 7 nitrogen and oxygen atoms in total. The number of hydrogen-bond donors (Lipinski definition) is 1. The number of anilines is 1. The topological polar surface area (TPSA) is 76.6 Å². The summed E-state index contributed by atoms with van der Waals surface area (Å²) in [5.41, 5.74) is 1.02. The molecular formula is C18H22N4O3S2. The smallest absolute Gasteiger partial charge is 0.233 e. The third-order valence-electron chi connectivity index (χ3n) is 3.84. The summed E-state index contributed by atoms with van der Waals surface area (Å²) in [6.07, 6.45) is 1.76. The van der Waals surface area contributed by atoms with E-state index in [0.29, 0.717) is 38.6 Å². The lowest BCUT2D eigenvalue weighted by molar-refractivity contribution is -0.128. The van der Waals surface area contributed by atoms with Crippen LogP contribution in [-0.2, 0) is 11.3 Å². The van der Waals surface area contributed by atoms with Crippen molar-refractivity contribution in [1.29, 1.82) is 0 Å². The second-order valence-electron chi connectivity index (χ2n) is 5.72. The third-order valence-corrected chi connectivity index (χ3v) is 5.84. The number of hydrogen-bond acceptors (Lipinski definition) is 8. The molecule has 9 heteroatoms. The molecule has 1 aromatic heterocycles. The Morgan fingerprint density at radius 1 is 1.37 bits per heavy atom. The number of nitrogens with one attached hydrogen (secondary N) is 1. The number of rotatable bonds is 9. The van der Waals surface area contributed by atoms with Gasteiger partial charge in [-0.3, -0.25) is 4.79 Å². The van der Waals surface area contributed by atoms with E-state index in [0.717, 1.165) is 26.5 Å². The van der Waals surface area contributed by atoms with Crippen LogP contribution in [0.25, 0.3) is 0 Å². The maximum atomic E-state index is 12.6. The molecule has 0 fully saturated rings. The van der Waals surface area contributed by atoms with Gasteiger partial charge in [-0.25, -0.2) is 0 Å². The molecule has 1 N–H and O–H groups in total. The molecule has 0 saturated heterocycles. The molecular weight excluding hydrogens is 384 g/mol. The van der Waals surface area contributed by atoms with E-state index >= 15 is 0 Å². The van der Waals surface area contributed by atoms with Crippen LogP contribution in [0.15, 0.2) is 35.2 Å². The van der Waals surface area contributed by atoms with Gasteiger partial charge in [-0.1, -0.05) is 35.2 Å². The Kier molecular flexibility index (Phi) is 6.94. The zero-order chi connectivity index (χ0) is 19.1. The normalized spacial score (nSPS) is 12.5. The maximum Gasteiger partial charge on any atom is 0.233 e. The molecule has 2 heterocycles. The average Bonchev–Trinajstić information content (AvgIpc) is 3.16. The van der Waals surface area contributed by atoms with Crippen LogP contribution in [0.4, 0.5) is 5.13 Å². The highest BCUT2D eigenvalue weighted by Crippen LogP contribution is 2.31. The minimum atomic E-state index is 0.0631. The van der Waals surface area contributed by atoms with Gasteiger partial charge in [-0.2, -0.15) is 0 Å². The lowest BCUT2D eigenvalue weighted by Crippen LogP contribution is -2.31. The summed E-state index contributed by atoms with van der Waals surface area (Å²) in [5.74, 6) is 1.89. The zero-order valence-electron chi connectivity index (χ0n) is 15.1. The van der Waals surface area contributed by atoms with Crippen LogP contribution in [0.1, 0.15) is 12.5 Å². The standard InChI is InChI=1S/C18H22N4O3S2/c1-3-7-19-17-20-21-18(27-17)26-12-16(23)22(4-2)11-13-5-6-14-15(10-13)25-9-8-24-14/h3,5-6,10H,1,4,7-9,11-12H2,2H3,(H,19,20). The Hall–Kier alpha value is -2.26. The van der Waals surface area contributed by atoms with Gasteiger partial charge in [0, 0.05) is 19.6 Å². The van der Waals surface area contributed by atoms with Gasteiger partial charge in [-0.15, -0.1) is 16.8 Å². The van der Waals surface area contributed by atoms with E-state index < -0.39 is 0 Å². The number of nitrogens with zero attached hydrogens (tertiary/aromatic N) is 3. The number of ether oxygens (including phenoxy) is 2. The van der Waals surface area contributed by atoms with Crippen LogP contribution >= 0.6 is 23.1 Å². The van der Waals surface area contributed by atoms with Gasteiger partial charge in [0.25, 0.3) is 0 Å². The average molecular weight is 407 g/mol. The van der Waals surface area contributed by atoms with E-state index in [1.165, 1.54) is 23.1 Å². The van der Waals surface area contributed by atoms with Crippen molar-refractivity contribution in [2.24, 2.45) is 0 Å². The minimum Gasteiger partial charge on any atom is -0.486 e. The van der Waals surface area contributed by atoms with E-state index in [1.807, 2.05) is 30.0 Å². The van der Waals surface area contributed by atoms with Crippen molar-refractivity contribution in [2.75, 3.05) is 37.4 Å². The monoisotopic (exact) mass is 406 g/mol. The van der Waals surface area contributed by atoms with Gasteiger partial charge < -0.3 is 19.7 Å². The molecule has 0 saturated carbocycles. The largest absolute Gasteiger partial charge is 0.486 e. The minimum absolute atomic E-state index is 0.0631. The van der Waals surface area contributed by atoms with E-state index in [-0.39, 0.29) is 5.91 Å². The fourth-order valence-corrected chi connectivity index (χ4v) is 4.16. The lowest BCUT2D eigenvalue weighted by Gasteiger charge is -2.23. The molecule has 27 heavy (non-hydrogen) atoms. The van der Waals surface area contributed by atoms with Crippen molar-refractivity contribution in [3.05, 3.63) is 36.4 Å². The Morgan fingerprint density at radius 3 is 2.96 bits per heavy atom. The first-order valence-corrected chi connectivity index (χ1v) is 10.5. The van der Waals surface area contributed by atoms with Crippen molar-refractivity contribution < 1.29 is 14.3 Å². The third kappa shape index (κ3) is 5.36. The number of amides is 1. The first-order chi connectivity index (χ1) is 13.2. The molecule has 2 aromatic rings. The van der Waals surface area contributed by atoms with Crippen LogP contribution in [0.3, 0.4) is 0 Å². The Balaban J connectivity index is 1.54. The molecule has 0 radical (unpaired) electrons. The molecule has 144 valence electrons. The summed E-state index contributed by atoms with van der Waals surface area (Å²) < 4.78 is 11.9. The highest BCUT2D eigenvalue weighted by molar-refractivity contribution is 8.01. The van der Waals surface area contributed by atoms with Gasteiger partial charge in [0.05, 0.1) is 5.75 Å². The summed E-state index contributed by atoms with van der Waals surface area (Å²) in [4.78, 5) is 14.4. The van der Waals surface area contributed by atoms with Crippen LogP contribution in [0, 0.1) is 0 Å². The molecule has 3 rings (SSSR count). The number of thioether (sulfide) groups is 1. The Morgan fingerprint density at radius 2 is 2.19 bits per heavy atom. The van der Waals surface area contributed by atoms with E-state index in [1.54, 1.807) is 6.08 Å². The number of carbonyl (C=O) groups excluding carboxylic acids is 1. The van der Waals surface area contributed by atoms with E-state index in [2.05, 4.69) is 22.1 Å². The predicted octanol–water partition coefficient (Wildman–Crippen LogP) is 3.05. The number of carbonyl (C=O) groups is 1. The quantitative estimate of drug-likeness (QED) is 0.507. The SMILES string of the molecule is C=CCNc1nnc(SCC(=O)N(CC)Cc2ccc3c(c2)OCCO3)s1. The number of aromatic nitrogens is 2. The van der Waals surface area contributed by atoms with Gasteiger partial charge in [0.2, 0.25) is 11.0 Å². The molecule has 1 amide bonds. The number of benzene rings is 1. The maximum absolute atomic E-state index is 12.6. The zero-order valence-corrected chi connectivity index (χ0v) is 16.8. The van der Waals surface area contributed by atoms with Crippen molar-refractivity contribution >= 4 is 34.1 Å². The van der Waals surface area contributed by atoms with Gasteiger partial charge in [-0.05, 0) is 24.6 Å². The highest BCUT2D eigenvalue weighted by Gasteiger charge is 2.17. The second-order valence-corrected chi connectivity index (χ2v) is 7.92. The molecule has 1 aliphatic heterocycles. The van der Waals surface area contributed by atoms with Crippen molar-refractivity contribution in [3.63, 3.8) is 0 Å². The van der Waals surface area contributed by atoms with Crippen molar-refractivity contribution in [3.8, 4) is 11.5 Å². The predicted molar refractivity (Wildman–Crippen MR) is 108 cm³/mol. The molecule has 0 unspecified atom stereocenters. The van der Waals surface area contributed by atoms with E-state index in [4.69, 9.17) is 9.47 Å². The highest BCUT2D eigenvalue weighted by atomic mass is 32.2. The van der Waals surface area contributed by atoms with Gasteiger partial charge >= 0.3 is 0 Å². The van der Waals surface area contributed by atoms with Gasteiger partial charge in [0.15, 0.2) is 15.8 Å². The fraction of sp³-hybridized carbons (Fsp3) is 0.389. The van der Waals surface area contributed by atoms with Gasteiger partial charge in [0.1, 0.15) is 13.2 Å². The fourth-order valence-electron chi connectivity index (χ4n) is 2.50. The first-order valence-electron chi connectivity index (χ1n) is 8.67. The molecule has 0 aliphatic carbocycles. The second kappa shape index (κ2) is 9.61. The first kappa shape index (κ1) is 19.5. The Bertz CT molecular complexity index is 797. The molecule has 0 atom stereocenters. The molecule has 1 aromatic carbocycles. The summed E-state index contributed by atoms with van der Waals surface area (Å²) in [6, 6.07) is 5.81.